The van der Waals surface area contributed by atoms with Crippen molar-refractivity contribution in [2.45, 2.75) is 26.3 Å². The van der Waals surface area contributed by atoms with Gasteiger partial charge in [-0.2, -0.15) is 10.1 Å². The minimum absolute atomic E-state index is 0.0395. The van der Waals surface area contributed by atoms with Crippen LogP contribution in [0.5, 0.6) is 0 Å². The van der Waals surface area contributed by atoms with Crippen molar-refractivity contribution in [2.75, 3.05) is 26.2 Å². The Morgan fingerprint density at radius 1 is 1.30 bits per heavy atom. The maximum Gasteiger partial charge on any atom is 0.257 e. The molecule has 0 aromatic carbocycles. The molecule has 3 heterocycles. The standard InChI is InChI=1S/C15H22N6O2/c1-11(2)14-17-13(23-18-14)10-20-4-6-21(7-5-20)15(22)12-8-16-19(3)9-12/h8-9,11H,4-7,10H2,1-3H3. The number of aromatic nitrogens is 4. The summed E-state index contributed by atoms with van der Waals surface area (Å²) < 4.78 is 6.92. The van der Waals surface area contributed by atoms with Crippen LogP contribution in [-0.4, -0.2) is 61.8 Å². The Morgan fingerprint density at radius 3 is 2.61 bits per heavy atom. The van der Waals surface area contributed by atoms with Gasteiger partial charge in [0.05, 0.1) is 18.3 Å². The van der Waals surface area contributed by atoms with Crippen LogP contribution < -0.4 is 0 Å². The molecule has 2 aromatic rings. The van der Waals surface area contributed by atoms with Gasteiger partial charge in [0, 0.05) is 45.3 Å². The highest BCUT2D eigenvalue weighted by Gasteiger charge is 2.24. The van der Waals surface area contributed by atoms with E-state index < -0.39 is 0 Å². The van der Waals surface area contributed by atoms with Crippen LogP contribution >= 0.6 is 0 Å². The summed E-state index contributed by atoms with van der Waals surface area (Å²) in [6.45, 7) is 7.69. The van der Waals surface area contributed by atoms with Crippen LogP contribution in [0.1, 0.15) is 41.8 Å². The second kappa shape index (κ2) is 6.49. The van der Waals surface area contributed by atoms with Gasteiger partial charge in [-0.05, 0) is 0 Å². The van der Waals surface area contributed by atoms with Gasteiger partial charge in [-0.25, -0.2) is 0 Å². The molecule has 1 aliphatic rings. The van der Waals surface area contributed by atoms with Gasteiger partial charge in [-0.1, -0.05) is 19.0 Å². The number of hydrogen-bond acceptors (Lipinski definition) is 6. The second-order valence-electron chi connectivity index (χ2n) is 6.17. The Morgan fingerprint density at radius 2 is 2.04 bits per heavy atom. The Bertz CT molecular complexity index is 669. The summed E-state index contributed by atoms with van der Waals surface area (Å²) in [6, 6.07) is 0. The van der Waals surface area contributed by atoms with Gasteiger partial charge in [0.2, 0.25) is 5.89 Å². The Balaban J connectivity index is 1.52. The Labute approximate surface area is 135 Å². The molecule has 124 valence electrons. The van der Waals surface area contributed by atoms with E-state index in [0.717, 1.165) is 18.9 Å². The van der Waals surface area contributed by atoms with E-state index in [1.807, 2.05) is 25.8 Å². The molecule has 0 saturated carbocycles. The zero-order chi connectivity index (χ0) is 16.4. The van der Waals surface area contributed by atoms with Crippen molar-refractivity contribution in [3.8, 4) is 0 Å². The maximum absolute atomic E-state index is 12.4. The Hall–Kier alpha value is -2.22. The van der Waals surface area contributed by atoms with Gasteiger partial charge in [-0.15, -0.1) is 0 Å². The third-order valence-electron chi connectivity index (χ3n) is 3.97. The first kappa shape index (κ1) is 15.7. The van der Waals surface area contributed by atoms with Crippen molar-refractivity contribution < 1.29 is 9.32 Å². The molecular weight excluding hydrogens is 296 g/mol. The number of hydrogen-bond donors (Lipinski definition) is 0. The molecule has 1 saturated heterocycles. The van der Waals surface area contributed by atoms with Crippen LogP contribution in [0.25, 0.3) is 0 Å². The predicted molar refractivity (Wildman–Crippen MR) is 82.8 cm³/mol. The molecule has 8 nitrogen and oxygen atoms in total. The van der Waals surface area contributed by atoms with Crippen LogP contribution in [0.4, 0.5) is 0 Å². The third kappa shape index (κ3) is 3.58. The van der Waals surface area contributed by atoms with E-state index in [1.165, 1.54) is 0 Å². The van der Waals surface area contributed by atoms with E-state index in [0.29, 0.717) is 31.1 Å². The van der Waals surface area contributed by atoms with Gasteiger partial charge < -0.3 is 9.42 Å². The second-order valence-corrected chi connectivity index (χ2v) is 6.17. The molecule has 23 heavy (non-hydrogen) atoms. The van der Waals surface area contributed by atoms with Crippen LogP contribution in [0.3, 0.4) is 0 Å². The van der Waals surface area contributed by atoms with Crippen LogP contribution in [-0.2, 0) is 13.6 Å². The van der Waals surface area contributed by atoms with Crippen molar-refractivity contribution in [1.29, 1.82) is 0 Å². The van der Waals surface area contributed by atoms with E-state index >= 15 is 0 Å². The normalized spacial score (nSPS) is 16.3. The lowest BCUT2D eigenvalue weighted by Crippen LogP contribution is -2.48. The number of carbonyl (C=O) groups excluding carboxylic acids is 1. The molecular formula is C15H22N6O2. The molecule has 3 rings (SSSR count). The smallest absolute Gasteiger partial charge is 0.257 e. The predicted octanol–water partition coefficient (Wildman–Crippen LogP) is 0.884. The van der Waals surface area contributed by atoms with Crippen molar-refractivity contribution in [2.24, 2.45) is 7.05 Å². The number of carbonyl (C=O) groups is 1. The fourth-order valence-electron chi connectivity index (χ4n) is 2.58. The van der Waals surface area contributed by atoms with Gasteiger partial charge in [0.1, 0.15) is 0 Å². The molecule has 0 atom stereocenters. The van der Waals surface area contributed by atoms with Crippen LogP contribution in [0, 0.1) is 0 Å². The zero-order valence-electron chi connectivity index (χ0n) is 13.8. The molecule has 0 radical (unpaired) electrons. The Kier molecular flexibility index (Phi) is 4.42. The van der Waals surface area contributed by atoms with E-state index in [9.17, 15) is 4.79 Å². The van der Waals surface area contributed by atoms with E-state index in [4.69, 9.17) is 4.52 Å². The van der Waals surface area contributed by atoms with E-state index in [-0.39, 0.29) is 11.8 Å². The third-order valence-corrected chi connectivity index (χ3v) is 3.97. The summed E-state index contributed by atoms with van der Waals surface area (Å²) >= 11 is 0. The van der Waals surface area contributed by atoms with E-state index in [1.54, 1.807) is 17.1 Å². The minimum Gasteiger partial charge on any atom is -0.338 e. The number of amides is 1. The highest BCUT2D eigenvalue weighted by molar-refractivity contribution is 5.93. The van der Waals surface area contributed by atoms with E-state index in [2.05, 4.69) is 20.1 Å². The monoisotopic (exact) mass is 318 g/mol. The van der Waals surface area contributed by atoms with Crippen LogP contribution in [0.2, 0.25) is 0 Å². The summed E-state index contributed by atoms with van der Waals surface area (Å²) in [5.41, 5.74) is 0.638. The molecule has 0 bridgehead atoms. The summed E-state index contributed by atoms with van der Waals surface area (Å²) in [5, 5.41) is 8.03. The van der Waals surface area contributed by atoms with Gasteiger partial charge in [-0.3, -0.25) is 14.4 Å². The lowest BCUT2D eigenvalue weighted by molar-refractivity contribution is 0.0615. The van der Waals surface area contributed by atoms with Gasteiger partial charge in [0.25, 0.3) is 5.91 Å². The van der Waals surface area contributed by atoms with Gasteiger partial charge >= 0.3 is 0 Å². The summed E-state index contributed by atoms with van der Waals surface area (Å²) in [4.78, 5) is 20.9. The molecule has 2 aromatic heterocycles. The lowest BCUT2D eigenvalue weighted by Gasteiger charge is -2.33. The first-order chi connectivity index (χ1) is 11.0. The molecule has 1 fully saturated rings. The van der Waals surface area contributed by atoms with Gasteiger partial charge in [0.15, 0.2) is 5.82 Å². The molecule has 0 unspecified atom stereocenters. The molecule has 1 aliphatic heterocycles. The fourth-order valence-corrected chi connectivity index (χ4v) is 2.58. The van der Waals surface area contributed by atoms with Crippen LogP contribution in [0.15, 0.2) is 16.9 Å². The average molecular weight is 318 g/mol. The average Bonchev–Trinajstić information content (AvgIpc) is 3.16. The summed E-state index contributed by atoms with van der Waals surface area (Å²) in [7, 11) is 1.81. The first-order valence-corrected chi connectivity index (χ1v) is 7.85. The van der Waals surface area contributed by atoms with Crippen molar-refractivity contribution in [3.05, 3.63) is 29.7 Å². The molecule has 0 aliphatic carbocycles. The fraction of sp³-hybridized carbons (Fsp3) is 0.600. The topological polar surface area (TPSA) is 80.3 Å². The highest BCUT2D eigenvalue weighted by Crippen LogP contribution is 2.13. The SMILES string of the molecule is CC(C)c1noc(CN2CCN(C(=O)c3cnn(C)c3)CC2)n1. The van der Waals surface area contributed by atoms with Crippen molar-refractivity contribution >= 4 is 5.91 Å². The van der Waals surface area contributed by atoms with Crippen molar-refractivity contribution in [1.82, 2.24) is 29.7 Å². The summed E-state index contributed by atoms with van der Waals surface area (Å²) in [6.07, 6.45) is 3.36. The minimum atomic E-state index is 0.0395. The van der Waals surface area contributed by atoms with Crippen molar-refractivity contribution in [3.63, 3.8) is 0 Å². The number of rotatable bonds is 4. The zero-order valence-corrected chi connectivity index (χ0v) is 13.8. The number of piperazine rings is 1. The molecule has 0 spiro atoms. The number of aryl methyl sites for hydroxylation is 1. The molecule has 1 amide bonds. The quantitative estimate of drug-likeness (QED) is 0.833. The largest absolute Gasteiger partial charge is 0.338 e. The number of nitrogens with zero attached hydrogens (tertiary/aromatic N) is 6. The maximum atomic E-state index is 12.4. The lowest BCUT2D eigenvalue weighted by atomic mass is 10.2. The summed E-state index contributed by atoms with van der Waals surface area (Å²) in [5.74, 6) is 1.69. The first-order valence-electron chi connectivity index (χ1n) is 7.85. The molecule has 8 heteroatoms. The highest BCUT2D eigenvalue weighted by atomic mass is 16.5. The molecule has 0 N–H and O–H groups in total.